The number of carbonyl (C=O) groups is 4. The molecular formula is C30H40FNO6. The van der Waals surface area contributed by atoms with Crippen molar-refractivity contribution in [2.75, 3.05) is 0 Å². The van der Waals surface area contributed by atoms with Crippen molar-refractivity contribution < 1.29 is 33.8 Å². The predicted octanol–water partition coefficient (Wildman–Crippen LogP) is 4.71. The molecule has 0 heterocycles. The smallest absolute Gasteiger partial charge is 0.409 e. The third-order valence-electron chi connectivity index (χ3n) is 12.3. The van der Waals surface area contributed by atoms with Gasteiger partial charge in [-0.1, -0.05) is 26.3 Å². The van der Waals surface area contributed by atoms with E-state index in [4.69, 9.17) is 0 Å². The van der Waals surface area contributed by atoms with Crippen LogP contribution in [0, 0.1) is 45.8 Å². The summed E-state index contributed by atoms with van der Waals surface area (Å²) in [4.78, 5) is 52.2. The van der Waals surface area contributed by atoms with Crippen LogP contribution in [0.15, 0.2) is 11.6 Å². The first-order chi connectivity index (χ1) is 17.7. The van der Waals surface area contributed by atoms with Crippen molar-refractivity contribution in [3.8, 4) is 0 Å². The number of allylic oxidation sites excluding steroid dienone is 1. The summed E-state index contributed by atoms with van der Waals surface area (Å²) in [6, 6.07) is -0.295. The van der Waals surface area contributed by atoms with Crippen molar-refractivity contribution in [2.45, 2.75) is 103 Å². The maximum absolute atomic E-state index is 18.3. The van der Waals surface area contributed by atoms with Crippen molar-refractivity contribution >= 4 is 23.4 Å². The van der Waals surface area contributed by atoms with Gasteiger partial charge in [-0.3, -0.25) is 19.3 Å². The summed E-state index contributed by atoms with van der Waals surface area (Å²) in [6.45, 7) is 7.31. The Kier molecular flexibility index (Phi) is 5.49. The van der Waals surface area contributed by atoms with Crippen LogP contribution in [-0.4, -0.2) is 56.5 Å². The molecule has 0 aromatic heterocycles. The number of ketones is 3. The molecule has 0 saturated heterocycles. The second-order valence-electron chi connectivity index (χ2n) is 13.9. The van der Waals surface area contributed by atoms with Gasteiger partial charge in [0.15, 0.2) is 0 Å². The van der Waals surface area contributed by atoms with Gasteiger partial charge in [0.25, 0.3) is 0 Å². The predicted molar refractivity (Wildman–Crippen MR) is 136 cm³/mol. The molecule has 0 aromatic rings. The Morgan fingerprint density at radius 2 is 1.74 bits per heavy atom. The third-order valence-corrected chi connectivity index (χ3v) is 12.3. The normalized spacial score (nSPS) is 46.9. The van der Waals surface area contributed by atoms with Crippen LogP contribution in [0.5, 0.6) is 0 Å². The third kappa shape index (κ3) is 3.04. The minimum absolute atomic E-state index is 0.0904. The number of carbonyl (C=O) groups excluding carboxylic acids is 3. The molecule has 1 amide bonds. The molecule has 0 bridgehead atoms. The van der Waals surface area contributed by atoms with E-state index in [1.54, 1.807) is 0 Å². The molecule has 0 spiro atoms. The van der Waals surface area contributed by atoms with Crippen LogP contribution in [-0.2, 0) is 14.4 Å². The van der Waals surface area contributed by atoms with Gasteiger partial charge in [-0.15, -0.1) is 0 Å². The van der Waals surface area contributed by atoms with Crippen molar-refractivity contribution in [2.24, 2.45) is 45.8 Å². The lowest BCUT2D eigenvalue weighted by atomic mass is 9.39. The Labute approximate surface area is 223 Å². The molecule has 38 heavy (non-hydrogen) atoms. The quantitative estimate of drug-likeness (QED) is 0.394. The molecule has 0 aromatic carbocycles. The van der Waals surface area contributed by atoms with Gasteiger partial charge < -0.3 is 10.2 Å². The number of fused-ring (bicyclic) bond motifs is 5. The average Bonchev–Trinajstić information content (AvgIpc) is 3.75. The Balaban J connectivity index is 1.50. The molecule has 9 atom stereocenters. The van der Waals surface area contributed by atoms with E-state index in [-0.39, 0.29) is 36.0 Å². The molecule has 7 nitrogen and oxygen atoms in total. The molecule has 2 N–H and O–H groups in total. The van der Waals surface area contributed by atoms with Crippen LogP contribution in [0.1, 0.15) is 85.5 Å². The number of amides is 1. The molecule has 208 valence electrons. The van der Waals surface area contributed by atoms with E-state index in [0.29, 0.717) is 38.5 Å². The van der Waals surface area contributed by atoms with E-state index >= 15 is 4.39 Å². The van der Waals surface area contributed by atoms with Gasteiger partial charge in [-0.25, -0.2) is 9.18 Å². The second-order valence-corrected chi connectivity index (χ2v) is 13.9. The standard InChI is InChI=1S/C30H40FNO6/c1-15-11-21-19-9-10-29(16(2)33,25(36)32(26(37)38)18-7-8-18)27(19,3)13-22(17-5-6-17)30(21,31)28(4)14-24(35)23(34)12-20(15)28/h12,15,17-19,21-22,25,36H,5-11,13-14H2,1-4H3,(H,37,38)/t15?,19?,21?,22-,25?,27+,28+,29+,30?/m1/s1. The highest BCUT2D eigenvalue weighted by Crippen LogP contribution is 2.77. The maximum Gasteiger partial charge on any atom is 0.409 e. The van der Waals surface area contributed by atoms with Crippen LogP contribution in [0.2, 0.25) is 0 Å². The topological polar surface area (TPSA) is 112 Å². The van der Waals surface area contributed by atoms with Crippen molar-refractivity contribution in [1.29, 1.82) is 0 Å². The fraction of sp³-hybridized carbons (Fsp3) is 0.800. The van der Waals surface area contributed by atoms with E-state index < -0.39 is 57.6 Å². The Morgan fingerprint density at radius 1 is 1.08 bits per heavy atom. The Hall–Kier alpha value is -2.09. The van der Waals surface area contributed by atoms with Crippen LogP contribution < -0.4 is 0 Å². The summed E-state index contributed by atoms with van der Waals surface area (Å²) in [7, 11) is 0. The number of alkyl halides is 1. The highest BCUT2D eigenvalue weighted by molar-refractivity contribution is 6.42. The number of aliphatic hydroxyl groups excluding tert-OH is 1. The summed E-state index contributed by atoms with van der Waals surface area (Å²) in [5.74, 6) is -2.40. The number of aliphatic hydroxyl groups is 1. The highest BCUT2D eigenvalue weighted by atomic mass is 19.1. The van der Waals surface area contributed by atoms with E-state index in [9.17, 15) is 29.4 Å². The van der Waals surface area contributed by atoms with Crippen LogP contribution in [0.3, 0.4) is 0 Å². The zero-order valence-corrected chi connectivity index (χ0v) is 22.8. The summed E-state index contributed by atoms with van der Waals surface area (Å²) in [6.07, 6.45) is 3.37. The first kappa shape index (κ1) is 26.1. The molecular weight excluding hydrogens is 489 g/mol. The number of Topliss-reactive ketones (excluding diaryl/α,β-unsaturated/α-hetero) is 2. The molecule has 6 aliphatic rings. The summed E-state index contributed by atoms with van der Waals surface area (Å²) in [5, 5.41) is 21.9. The van der Waals surface area contributed by atoms with Gasteiger partial charge >= 0.3 is 6.09 Å². The van der Waals surface area contributed by atoms with E-state index in [0.717, 1.165) is 23.3 Å². The zero-order chi connectivity index (χ0) is 27.6. The summed E-state index contributed by atoms with van der Waals surface area (Å²) < 4.78 is 18.3. The molecule has 5 unspecified atom stereocenters. The molecule has 6 aliphatic carbocycles. The average molecular weight is 530 g/mol. The largest absolute Gasteiger partial charge is 0.465 e. The first-order valence-electron chi connectivity index (χ1n) is 14.4. The number of nitrogens with zero attached hydrogens (tertiary/aromatic N) is 1. The van der Waals surface area contributed by atoms with Gasteiger partial charge in [-0.2, -0.15) is 0 Å². The van der Waals surface area contributed by atoms with Gasteiger partial charge in [0.1, 0.15) is 17.7 Å². The van der Waals surface area contributed by atoms with Gasteiger partial charge in [-0.05, 0) is 99.4 Å². The van der Waals surface area contributed by atoms with Crippen molar-refractivity contribution in [1.82, 2.24) is 4.90 Å². The number of hydrogen-bond acceptors (Lipinski definition) is 5. The molecule has 0 aliphatic heterocycles. The molecule has 5 fully saturated rings. The number of carboxylic acid groups (broad SMARTS) is 1. The minimum Gasteiger partial charge on any atom is -0.465 e. The van der Waals surface area contributed by atoms with E-state index in [1.165, 1.54) is 13.0 Å². The zero-order valence-electron chi connectivity index (χ0n) is 22.8. The highest BCUT2D eigenvalue weighted by Gasteiger charge is 2.77. The summed E-state index contributed by atoms with van der Waals surface area (Å²) >= 11 is 0. The Morgan fingerprint density at radius 3 is 2.29 bits per heavy atom. The van der Waals surface area contributed by atoms with Crippen LogP contribution >= 0.6 is 0 Å². The lowest BCUT2D eigenvalue weighted by molar-refractivity contribution is -0.221. The second kappa shape index (κ2) is 7.98. The van der Waals surface area contributed by atoms with Crippen LogP contribution in [0.25, 0.3) is 0 Å². The molecule has 5 saturated carbocycles. The lowest BCUT2D eigenvalue weighted by Crippen LogP contribution is -2.70. The fourth-order valence-corrected chi connectivity index (χ4v) is 10.3. The molecule has 0 radical (unpaired) electrons. The van der Waals surface area contributed by atoms with Crippen LogP contribution in [0.4, 0.5) is 9.18 Å². The number of halogens is 1. The minimum atomic E-state index is -1.71. The number of rotatable bonds is 5. The van der Waals surface area contributed by atoms with Crippen molar-refractivity contribution in [3.63, 3.8) is 0 Å². The van der Waals surface area contributed by atoms with Gasteiger partial charge in [0.2, 0.25) is 11.6 Å². The first-order valence-corrected chi connectivity index (χ1v) is 14.4. The summed E-state index contributed by atoms with van der Waals surface area (Å²) in [5.41, 5.74) is -4.16. The SMILES string of the molecule is CC(=O)[C@]1(C(O)N(C(=O)O)C2CC2)CCC2C3CC(C)C4=CC(=O)C(=O)C[C@]4(C)C3(F)[C@@H](C3CC3)C[C@@]21C. The van der Waals surface area contributed by atoms with E-state index in [2.05, 4.69) is 0 Å². The molecule has 6 rings (SSSR count). The lowest BCUT2D eigenvalue weighted by Gasteiger charge is -2.66. The Bertz CT molecular complexity index is 1160. The molecule has 8 heteroatoms. The van der Waals surface area contributed by atoms with Gasteiger partial charge in [0, 0.05) is 17.9 Å². The fourth-order valence-electron chi connectivity index (χ4n) is 10.3. The maximum atomic E-state index is 18.3. The van der Waals surface area contributed by atoms with Gasteiger partial charge in [0.05, 0.1) is 5.41 Å². The van der Waals surface area contributed by atoms with Crippen molar-refractivity contribution in [3.05, 3.63) is 11.6 Å². The monoisotopic (exact) mass is 529 g/mol. The van der Waals surface area contributed by atoms with E-state index in [1.807, 2.05) is 20.8 Å². The number of hydrogen-bond donors (Lipinski definition) is 2.